The first-order chi connectivity index (χ1) is 7.65. The molecule has 0 heterocycles. The van der Waals surface area contributed by atoms with Crippen LogP contribution < -0.4 is 11.1 Å². The lowest BCUT2D eigenvalue weighted by atomic mass is 10.2. The molecule has 1 aromatic carbocycles. The maximum Gasteiger partial charge on any atom is 0.0739 e. The summed E-state index contributed by atoms with van der Waals surface area (Å²) in [5.74, 6) is 2.34. The van der Waals surface area contributed by atoms with Crippen LogP contribution in [0.5, 0.6) is 0 Å². The van der Waals surface area contributed by atoms with E-state index in [1.54, 1.807) is 6.07 Å². The van der Waals surface area contributed by atoms with Gasteiger partial charge < -0.3 is 11.1 Å². The van der Waals surface area contributed by atoms with Gasteiger partial charge in [0.2, 0.25) is 0 Å². The number of halogens is 1. The summed E-state index contributed by atoms with van der Waals surface area (Å²) in [6, 6.07) is 6.10. The number of hydrogen-bond acceptors (Lipinski definition) is 3. The molecule has 0 radical (unpaired) electrons. The number of hydrogen-bond donors (Lipinski definition) is 2. The lowest BCUT2D eigenvalue weighted by Gasteiger charge is -2.16. The van der Waals surface area contributed by atoms with Gasteiger partial charge in [-0.2, -0.15) is 11.8 Å². The molecule has 1 atom stereocenters. The van der Waals surface area contributed by atoms with Crippen LogP contribution in [0.1, 0.15) is 20.3 Å². The summed E-state index contributed by atoms with van der Waals surface area (Å²) in [6.07, 6.45) is 1.13. The highest BCUT2D eigenvalue weighted by molar-refractivity contribution is 7.99. The summed E-state index contributed by atoms with van der Waals surface area (Å²) in [7, 11) is 0. The Kier molecular flexibility index (Phi) is 5.85. The Hall–Kier alpha value is -0.540. The van der Waals surface area contributed by atoms with Gasteiger partial charge in [0.25, 0.3) is 0 Å². The van der Waals surface area contributed by atoms with Crippen LogP contribution in [0.25, 0.3) is 0 Å². The van der Waals surface area contributed by atoms with E-state index in [1.807, 2.05) is 23.9 Å². The van der Waals surface area contributed by atoms with Gasteiger partial charge in [-0.3, -0.25) is 0 Å². The SMILES string of the molecule is CCSCCC(C)Nc1cccc(Cl)c1N. The number of thioether (sulfide) groups is 1. The molecule has 0 aromatic heterocycles. The van der Waals surface area contributed by atoms with Crippen molar-refractivity contribution in [3.05, 3.63) is 23.2 Å². The molecule has 1 rings (SSSR count). The molecule has 2 nitrogen and oxygen atoms in total. The second-order valence-electron chi connectivity index (χ2n) is 3.73. The first kappa shape index (κ1) is 13.5. The van der Waals surface area contributed by atoms with Crippen molar-refractivity contribution >= 4 is 34.7 Å². The standard InChI is InChI=1S/C12H19ClN2S/c1-3-16-8-7-9(2)15-11-6-4-5-10(13)12(11)14/h4-6,9,15H,3,7-8,14H2,1-2H3. The normalized spacial score (nSPS) is 12.4. The van der Waals surface area contributed by atoms with E-state index in [4.69, 9.17) is 17.3 Å². The first-order valence-electron chi connectivity index (χ1n) is 5.53. The molecule has 0 amide bonds. The summed E-state index contributed by atoms with van der Waals surface area (Å²) >= 11 is 7.91. The van der Waals surface area contributed by atoms with Crippen LogP contribution in [0.4, 0.5) is 11.4 Å². The third kappa shape index (κ3) is 4.14. The average Bonchev–Trinajstić information content (AvgIpc) is 2.25. The van der Waals surface area contributed by atoms with Gasteiger partial charge in [-0.25, -0.2) is 0 Å². The van der Waals surface area contributed by atoms with E-state index < -0.39 is 0 Å². The summed E-state index contributed by atoms with van der Waals surface area (Å²) in [5, 5.41) is 4.00. The van der Waals surface area contributed by atoms with Crippen LogP contribution in [-0.4, -0.2) is 17.5 Å². The predicted octanol–water partition coefficient (Wildman–Crippen LogP) is 3.87. The van der Waals surface area contributed by atoms with E-state index in [0.29, 0.717) is 16.8 Å². The highest BCUT2D eigenvalue weighted by Crippen LogP contribution is 2.27. The van der Waals surface area contributed by atoms with Crippen molar-refractivity contribution in [3.63, 3.8) is 0 Å². The number of para-hydroxylation sites is 1. The van der Waals surface area contributed by atoms with Gasteiger partial charge in [-0.05, 0) is 37.0 Å². The van der Waals surface area contributed by atoms with Gasteiger partial charge in [0.15, 0.2) is 0 Å². The number of benzene rings is 1. The molecule has 0 aliphatic heterocycles. The molecule has 0 bridgehead atoms. The van der Waals surface area contributed by atoms with Crippen molar-refractivity contribution in [2.24, 2.45) is 0 Å². The molecule has 0 spiro atoms. The number of nitrogens with one attached hydrogen (secondary N) is 1. The minimum absolute atomic E-state index is 0.416. The zero-order valence-electron chi connectivity index (χ0n) is 9.79. The fourth-order valence-electron chi connectivity index (χ4n) is 1.40. The fraction of sp³-hybridized carbons (Fsp3) is 0.500. The van der Waals surface area contributed by atoms with E-state index in [2.05, 4.69) is 19.2 Å². The lowest BCUT2D eigenvalue weighted by molar-refractivity contribution is 0.772. The maximum atomic E-state index is 5.95. The van der Waals surface area contributed by atoms with Crippen molar-refractivity contribution in [1.82, 2.24) is 0 Å². The molecule has 1 aromatic rings. The van der Waals surface area contributed by atoms with Crippen LogP contribution in [0.2, 0.25) is 5.02 Å². The van der Waals surface area contributed by atoms with Crippen molar-refractivity contribution in [3.8, 4) is 0 Å². The van der Waals surface area contributed by atoms with Gasteiger partial charge in [0.1, 0.15) is 0 Å². The van der Waals surface area contributed by atoms with Gasteiger partial charge in [0, 0.05) is 6.04 Å². The summed E-state index contributed by atoms with van der Waals surface area (Å²) in [4.78, 5) is 0. The van der Waals surface area contributed by atoms with Crippen LogP contribution in [0, 0.1) is 0 Å². The van der Waals surface area contributed by atoms with Crippen LogP contribution in [0.15, 0.2) is 18.2 Å². The highest BCUT2D eigenvalue weighted by atomic mass is 35.5. The van der Waals surface area contributed by atoms with Gasteiger partial charge in [-0.1, -0.05) is 24.6 Å². The molecule has 3 N–H and O–H groups in total. The molecular formula is C12H19ClN2S. The molecule has 1 unspecified atom stereocenters. The van der Waals surface area contributed by atoms with E-state index in [-0.39, 0.29) is 0 Å². The van der Waals surface area contributed by atoms with E-state index in [1.165, 1.54) is 11.5 Å². The Bertz CT molecular complexity index is 331. The third-order valence-corrected chi connectivity index (χ3v) is 3.62. The Morgan fingerprint density at radius 2 is 2.25 bits per heavy atom. The van der Waals surface area contributed by atoms with Crippen LogP contribution in [-0.2, 0) is 0 Å². The topological polar surface area (TPSA) is 38.0 Å². The molecule has 0 fully saturated rings. The number of rotatable bonds is 6. The molecule has 90 valence electrons. The molecule has 0 saturated heterocycles. The Balaban J connectivity index is 2.49. The monoisotopic (exact) mass is 258 g/mol. The Morgan fingerprint density at radius 3 is 2.94 bits per heavy atom. The fourth-order valence-corrected chi connectivity index (χ4v) is 2.39. The van der Waals surface area contributed by atoms with Crippen LogP contribution in [0.3, 0.4) is 0 Å². The minimum atomic E-state index is 0.416. The summed E-state index contributed by atoms with van der Waals surface area (Å²) in [5.41, 5.74) is 7.46. The van der Waals surface area contributed by atoms with Gasteiger partial charge >= 0.3 is 0 Å². The largest absolute Gasteiger partial charge is 0.396 e. The average molecular weight is 259 g/mol. The molecule has 16 heavy (non-hydrogen) atoms. The molecular weight excluding hydrogens is 240 g/mol. The van der Waals surface area contributed by atoms with Crippen molar-refractivity contribution in [1.29, 1.82) is 0 Å². The Labute approximate surface area is 107 Å². The Morgan fingerprint density at radius 1 is 1.50 bits per heavy atom. The van der Waals surface area contributed by atoms with Crippen molar-refractivity contribution in [2.75, 3.05) is 22.6 Å². The number of nitrogen functional groups attached to an aromatic ring is 1. The lowest BCUT2D eigenvalue weighted by Crippen LogP contribution is -2.17. The van der Waals surface area contributed by atoms with Crippen LogP contribution >= 0.6 is 23.4 Å². The number of anilines is 2. The van der Waals surface area contributed by atoms with E-state index >= 15 is 0 Å². The zero-order valence-corrected chi connectivity index (χ0v) is 11.4. The van der Waals surface area contributed by atoms with Gasteiger partial charge in [-0.15, -0.1) is 0 Å². The molecule has 4 heteroatoms. The van der Waals surface area contributed by atoms with E-state index in [0.717, 1.165) is 12.1 Å². The molecule has 0 aliphatic carbocycles. The first-order valence-corrected chi connectivity index (χ1v) is 7.06. The highest BCUT2D eigenvalue weighted by Gasteiger charge is 2.06. The van der Waals surface area contributed by atoms with E-state index in [9.17, 15) is 0 Å². The molecule has 0 saturated carbocycles. The quantitative estimate of drug-likeness (QED) is 0.601. The van der Waals surface area contributed by atoms with Gasteiger partial charge in [0.05, 0.1) is 16.4 Å². The molecule has 0 aliphatic rings. The second kappa shape index (κ2) is 6.92. The third-order valence-electron chi connectivity index (χ3n) is 2.35. The summed E-state index contributed by atoms with van der Waals surface area (Å²) in [6.45, 7) is 4.34. The smallest absolute Gasteiger partial charge is 0.0739 e. The summed E-state index contributed by atoms with van der Waals surface area (Å²) < 4.78 is 0. The van der Waals surface area contributed by atoms with Crippen molar-refractivity contribution < 1.29 is 0 Å². The second-order valence-corrected chi connectivity index (χ2v) is 5.53. The maximum absolute atomic E-state index is 5.95. The zero-order chi connectivity index (χ0) is 12.0. The van der Waals surface area contributed by atoms with Crippen molar-refractivity contribution in [2.45, 2.75) is 26.3 Å². The predicted molar refractivity (Wildman–Crippen MR) is 76.6 cm³/mol. The number of nitrogens with two attached hydrogens (primary N) is 1. The minimum Gasteiger partial charge on any atom is -0.396 e.